The monoisotopic (exact) mass is 437 g/mol. The molecule has 0 aliphatic carbocycles. The summed E-state index contributed by atoms with van der Waals surface area (Å²) in [5.74, 6) is 1.54. The summed E-state index contributed by atoms with van der Waals surface area (Å²) in [5.41, 5.74) is 3.08. The van der Waals surface area contributed by atoms with Crippen LogP contribution in [-0.2, 0) is 0 Å². The number of hydrogen-bond donors (Lipinski definition) is 0. The Morgan fingerprint density at radius 2 is 1.45 bits per heavy atom. The maximum Gasteiger partial charge on any atom is 0.196 e. The molecule has 4 rings (SSSR count). The lowest BCUT2D eigenvalue weighted by Crippen LogP contribution is -1.99. The Morgan fingerprint density at radius 3 is 2.14 bits per heavy atom. The fourth-order valence-corrected chi connectivity index (χ4v) is 3.86. The van der Waals surface area contributed by atoms with Gasteiger partial charge in [-0.3, -0.25) is 4.57 Å². The zero-order chi connectivity index (χ0) is 20.1. The first-order valence-electron chi connectivity index (χ1n) is 9.02. The highest BCUT2D eigenvalue weighted by Crippen LogP contribution is 2.29. The molecule has 6 heteroatoms. The van der Waals surface area contributed by atoms with E-state index < -0.39 is 0 Å². The summed E-state index contributed by atoms with van der Waals surface area (Å²) in [6.07, 6.45) is 4.24. The molecule has 0 aliphatic rings. The Hall–Kier alpha value is -2.53. The molecule has 144 valence electrons. The second-order valence-corrected chi connectivity index (χ2v) is 8.11. The zero-order valence-corrected chi connectivity index (χ0v) is 17.7. The van der Waals surface area contributed by atoms with Gasteiger partial charge in [0.25, 0.3) is 0 Å². The standard InChI is InChI=1S/C23H17Cl2N3S/c24-19-10-8-18(9-11-19)22-26-27-23(28(22)21-14-12-20(25)13-15-21)29-16-4-7-17-5-2-1-3-6-17/h1-15H,16H2/b7-4+. The van der Waals surface area contributed by atoms with Gasteiger partial charge in [0, 0.05) is 27.0 Å². The molecule has 3 nitrogen and oxygen atoms in total. The van der Waals surface area contributed by atoms with Crippen LogP contribution in [0, 0.1) is 0 Å². The summed E-state index contributed by atoms with van der Waals surface area (Å²) in [5, 5.41) is 11.1. The fraction of sp³-hybridized carbons (Fsp3) is 0.0435. The van der Waals surface area contributed by atoms with Gasteiger partial charge in [-0.2, -0.15) is 0 Å². The Bertz CT molecular complexity index is 1110. The van der Waals surface area contributed by atoms with Crippen molar-refractivity contribution in [2.24, 2.45) is 0 Å². The quantitative estimate of drug-likeness (QED) is 0.302. The van der Waals surface area contributed by atoms with E-state index in [4.69, 9.17) is 23.2 Å². The molecule has 3 aromatic carbocycles. The maximum absolute atomic E-state index is 6.08. The van der Waals surface area contributed by atoms with Gasteiger partial charge in [-0.05, 0) is 54.1 Å². The molecule has 1 aromatic heterocycles. The van der Waals surface area contributed by atoms with Gasteiger partial charge in [-0.25, -0.2) is 0 Å². The molecule has 29 heavy (non-hydrogen) atoms. The van der Waals surface area contributed by atoms with Crippen LogP contribution in [0.4, 0.5) is 0 Å². The van der Waals surface area contributed by atoms with E-state index in [9.17, 15) is 0 Å². The van der Waals surface area contributed by atoms with Crippen molar-refractivity contribution >= 4 is 41.0 Å². The number of thioether (sulfide) groups is 1. The molecule has 0 aliphatic heterocycles. The van der Waals surface area contributed by atoms with E-state index in [1.165, 1.54) is 5.56 Å². The topological polar surface area (TPSA) is 30.7 Å². The van der Waals surface area contributed by atoms with Gasteiger partial charge < -0.3 is 0 Å². The van der Waals surface area contributed by atoms with Crippen LogP contribution >= 0.6 is 35.0 Å². The van der Waals surface area contributed by atoms with E-state index in [1.54, 1.807) is 11.8 Å². The third-order valence-electron chi connectivity index (χ3n) is 4.24. The molecule has 0 radical (unpaired) electrons. The number of benzene rings is 3. The Kier molecular flexibility index (Phi) is 6.35. The molecular formula is C23H17Cl2N3S. The van der Waals surface area contributed by atoms with E-state index in [0.29, 0.717) is 10.0 Å². The summed E-state index contributed by atoms with van der Waals surface area (Å²) in [6.45, 7) is 0. The average Bonchev–Trinajstić information content (AvgIpc) is 3.17. The fourth-order valence-electron chi connectivity index (χ4n) is 2.84. The summed E-state index contributed by atoms with van der Waals surface area (Å²) >= 11 is 13.7. The first kappa shape index (κ1) is 19.8. The Labute approximate surface area is 184 Å². The van der Waals surface area contributed by atoms with Gasteiger partial charge in [0.05, 0.1) is 0 Å². The van der Waals surface area contributed by atoms with Gasteiger partial charge in [0.2, 0.25) is 0 Å². The van der Waals surface area contributed by atoms with Crippen molar-refractivity contribution in [3.63, 3.8) is 0 Å². The molecule has 4 aromatic rings. The number of rotatable bonds is 6. The third kappa shape index (κ3) is 4.91. The summed E-state index contributed by atoms with van der Waals surface area (Å²) in [4.78, 5) is 0. The minimum atomic E-state index is 0.687. The van der Waals surface area contributed by atoms with E-state index in [1.807, 2.05) is 71.3 Å². The van der Waals surface area contributed by atoms with Crippen molar-refractivity contribution in [2.75, 3.05) is 5.75 Å². The Morgan fingerprint density at radius 1 is 0.793 bits per heavy atom. The van der Waals surface area contributed by atoms with E-state index in [-0.39, 0.29) is 0 Å². The van der Waals surface area contributed by atoms with Crippen LogP contribution < -0.4 is 0 Å². The summed E-state index contributed by atoms with van der Waals surface area (Å²) in [6, 6.07) is 25.5. The minimum Gasteiger partial charge on any atom is -0.270 e. The number of halogens is 2. The molecule has 0 bridgehead atoms. The molecule has 0 unspecified atom stereocenters. The number of hydrogen-bond acceptors (Lipinski definition) is 3. The molecular weight excluding hydrogens is 421 g/mol. The molecule has 0 spiro atoms. The summed E-state index contributed by atoms with van der Waals surface area (Å²) < 4.78 is 2.04. The van der Waals surface area contributed by atoms with E-state index in [0.717, 1.165) is 28.0 Å². The zero-order valence-electron chi connectivity index (χ0n) is 15.4. The van der Waals surface area contributed by atoms with Crippen LogP contribution in [0.25, 0.3) is 23.2 Å². The third-order valence-corrected chi connectivity index (χ3v) is 5.62. The van der Waals surface area contributed by atoms with Gasteiger partial charge in [0.15, 0.2) is 11.0 Å². The average molecular weight is 438 g/mol. The lowest BCUT2D eigenvalue weighted by molar-refractivity contribution is 0.888. The van der Waals surface area contributed by atoms with Crippen molar-refractivity contribution in [2.45, 2.75) is 5.16 Å². The van der Waals surface area contributed by atoms with Crippen molar-refractivity contribution in [1.29, 1.82) is 0 Å². The van der Waals surface area contributed by atoms with Crippen molar-refractivity contribution in [1.82, 2.24) is 14.8 Å². The van der Waals surface area contributed by atoms with Crippen LogP contribution in [0.3, 0.4) is 0 Å². The highest BCUT2D eigenvalue weighted by Gasteiger charge is 2.15. The predicted molar refractivity (Wildman–Crippen MR) is 123 cm³/mol. The maximum atomic E-state index is 6.08. The number of aromatic nitrogens is 3. The molecule has 0 fully saturated rings. The first-order valence-corrected chi connectivity index (χ1v) is 10.8. The molecule has 0 saturated heterocycles. The smallest absolute Gasteiger partial charge is 0.196 e. The molecule has 1 heterocycles. The van der Waals surface area contributed by atoms with Crippen LogP contribution in [-0.4, -0.2) is 20.5 Å². The second-order valence-electron chi connectivity index (χ2n) is 6.25. The van der Waals surface area contributed by atoms with Crippen LogP contribution in [0.2, 0.25) is 10.0 Å². The van der Waals surface area contributed by atoms with Gasteiger partial charge >= 0.3 is 0 Å². The van der Waals surface area contributed by atoms with Crippen molar-refractivity contribution < 1.29 is 0 Å². The first-order chi connectivity index (χ1) is 14.2. The van der Waals surface area contributed by atoms with E-state index >= 15 is 0 Å². The number of nitrogens with zero attached hydrogens (tertiary/aromatic N) is 3. The minimum absolute atomic E-state index is 0.687. The molecule has 0 amide bonds. The second kappa shape index (κ2) is 9.31. The lowest BCUT2D eigenvalue weighted by atomic mass is 10.2. The molecule has 0 saturated carbocycles. The lowest BCUT2D eigenvalue weighted by Gasteiger charge is -2.10. The van der Waals surface area contributed by atoms with Crippen molar-refractivity contribution in [3.05, 3.63) is 101 Å². The SMILES string of the molecule is Clc1ccc(-c2nnc(SC/C=C/c3ccccc3)n2-c2ccc(Cl)cc2)cc1. The van der Waals surface area contributed by atoms with Crippen LogP contribution in [0.1, 0.15) is 5.56 Å². The van der Waals surface area contributed by atoms with Crippen LogP contribution in [0.5, 0.6) is 0 Å². The van der Waals surface area contributed by atoms with Gasteiger partial charge in [0.1, 0.15) is 0 Å². The highest BCUT2D eigenvalue weighted by atomic mass is 35.5. The van der Waals surface area contributed by atoms with Gasteiger partial charge in [-0.15, -0.1) is 10.2 Å². The van der Waals surface area contributed by atoms with Crippen molar-refractivity contribution in [3.8, 4) is 17.1 Å². The predicted octanol–water partition coefficient (Wildman–Crippen LogP) is 7.05. The largest absolute Gasteiger partial charge is 0.270 e. The molecule has 0 atom stereocenters. The summed E-state index contributed by atoms with van der Waals surface area (Å²) in [7, 11) is 0. The van der Waals surface area contributed by atoms with E-state index in [2.05, 4.69) is 34.5 Å². The normalized spacial score (nSPS) is 11.2. The Balaban J connectivity index is 1.63. The highest BCUT2D eigenvalue weighted by molar-refractivity contribution is 7.99. The molecule has 0 N–H and O–H groups in total. The van der Waals surface area contributed by atoms with Crippen LogP contribution in [0.15, 0.2) is 90.1 Å². The van der Waals surface area contributed by atoms with Gasteiger partial charge in [-0.1, -0.05) is 77.4 Å².